The van der Waals surface area contributed by atoms with Crippen LogP contribution in [0.3, 0.4) is 0 Å². The van der Waals surface area contributed by atoms with Gasteiger partial charge >= 0.3 is 27.0 Å². The van der Waals surface area contributed by atoms with Gasteiger partial charge in [0.15, 0.2) is 0 Å². The van der Waals surface area contributed by atoms with Crippen LogP contribution in [0.1, 0.15) is 17.4 Å². The fourth-order valence-corrected chi connectivity index (χ4v) is 0.636. The fraction of sp³-hybridized carbons (Fsp3) is 0.250. The normalized spacial score (nSPS) is 8.31. The zero-order valence-corrected chi connectivity index (χ0v) is 11.0. The van der Waals surface area contributed by atoms with E-state index in [1.54, 1.807) is 19.1 Å². The molecule has 0 aliphatic rings. The monoisotopic (exact) mass is 249 g/mol. The minimum absolute atomic E-state index is 0.231. The van der Waals surface area contributed by atoms with E-state index in [4.69, 9.17) is 14.4 Å². The van der Waals surface area contributed by atoms with Crippen molar-refractivity contribution in [2.24, 2.45) is 0 Å². The van der Waals surface area contributed by atoms with Gasteiger partial charge in [0.1, 0.15) is 0 Å². The number of hydrogen-bond acceptors (Lipinski definition) is 3. The van der Waals surface area contributed by atoms with Gasteiger partial charge in [0.25, 0.3) is 0 Å². The van der Waals surface area contributed by atoms with E-state index in [0.717, 1.165) is 17.3 Å². The molecule has 0 unspecified atom stereocenters. The molecule has 5 heteroatoms. The number of carbonyl (C=O) groups is 1. The molecule has 0 amide bonds. The van der Waals surface area contributed by atoms with Crippen molar-refractivity contribution in [2.45, 2.75) is 6.92 Å². The molecule has 1 aromatic rings. The first-order valence-corrected chi connectivity index (χ1v) is 7.51. The number of rotatable bonds is 2. The van der Waals surface area contributed by atoms with E-state index in [1.807, 2.05) is 0 Å². The zero-order valence-electron chi connectivity index (χ0n) is 7.29. The molecule has 0 aliphatic carbocycles. The van der Waals surface area contributed by atoms with E-state index >= 15 is 0 Å². The standard InChI is InChI=1S/C8H8NO2.ClH.Zn/c1-2-11-8(10)7-5-3-4-6-9-7;;/h3-4,6H,2H2,1H3;1H;/q-1;;+2/p-1. The Morgan fingerprint density at radius 1 is 1.77 bits per heavy atom. The minimum atomic E-state index is -0.423. The summed E-state index contributed by atoms with van der Waals surface area (Å²) in [4.78, 5) is 14.7. The number of hydrogen-bond donors (Lipinski definition) is 0. The Hall–Kier alpha value is -0.467. The number of pyridine rings is 1. The maximum atomic E-state index is 10.9. The summed E-state index contributed by atoms with van der Waals surface area (Å²) in [5.41, 5.74) is 0.231. The van der Waals surface area contributed by atoms with Gasteiger partial charge in [0, 0.05) is 5.69 Å². The summed E-state index contributed by atoms with van der Waals surface area (Å²) in [5.74, 6) is -0.423. The molecular formula is C8H8ClNO2Zn. The van der Waals surface area contributed by atoms with Gasteiger partial charge in [0.2, 0.25) is 5.97 Å². The van der Waals surface area contributed by atoms with E-state index in [0.29, 0.717) is 6.61 Å². The second-order valence-electron chi connectivity index (χ2n) is 1.85. The number of esters is 1. The van der Waals surface area contributed by atoms with Crippen LogP contribution in [0.25, 0.3) is 0 Å². The van der Waals surface area contributed by atoms with Crippen LogP contribution in [0.4, 0.5) is 0 Å². The van der Waals surface area contributed by atoms with Gasteiger partial charge in [-0.1, -0.05) is 0 Å². The molecule has 3 nitrogen and oxygen atoms in total. The summed E-state index contributed by atoms with van der Waals surface area (Å²) in [7, 11) is 4.76. The van der Waals surface area contributed by atoms with Crippen LogP contribution >= 0.6 is 9.69 Å². The molecule has 0 saturated heterocycles. The number of aromatic nitrogens is 1. The maximum absolute atomic E-state index is 10.9. The molecule has 0 atom stereocenters. The van der Waals surface area contributed by atoms with Gasteiger partial charge in [0.05, 0.1) is 6.61 Å². The molecule has 0 aliphatic heterocycles. The molecule has 66 valence electrons. The van der Waals surface area contributed by atoms with E-state index in [-0.39, 0.29) is 5.69 Å². The Kier molecular flexibility index (Phi) is 7.85. The second kappa shape index (κ2) is 8.15. The Morgan fingerprint density at radius 2 is 2.46 bits per heavy atom. The van der Waals surface area contributed by atoms with E-state index in [1.165, 1.54) is 6.20 Å². The summed E-state index contributed by atoms with van der Waals surface area (Å²) < 4.78 is 4.70. The van der Waals surface area contributed by atoms with E-state index in [9.17, 15) is 4.79 Å². The summed E-state index contributed by atoms with van der Waals surface area (Å²) >= 11 is 0.847. The molecule has 0 aromatic carbocycles. The number of halogens is 1. The van der Waals surface area contributed by atoms with Gasteiger partial charge < -0.3 is 9.53 Å². The predicted octanol–water partition coefficient (Wildman–Crippen LogP) is 1.75. The third kappa shape index (κ3) is 4.96. The van der Waals surface area contributed by atoms with Crippen LogP contribution in [0.2, 0.25) is 0 Å². The van der Waals surface area contributed by atoms with Gasteiger partial charge in [-0.2, -0.15) is 6.07 Å². The molecule has 0 spiro atoms. The Balaban J connectivity index is 0.000000671. The molecule has 1 aromatic heterocycles. The van der Waals surface area contributed by atoms with Crippen molar-refractivity contribution in [1.82, 2.24) is 4.98 Å². The molecular weight excluding hydrogens is 243 g/mol. The molecule has 0 saturated carbocycles. The third-order valence-electron chi connectivity index (χ3n) is 1.07. The van der Waals surface area contributed by atoms with Crippen LogP contribution in [-0.2, 0) is 22.0 Å². The quantitative estimate of drug-likeness (QED) is 0.456. The van der Waals surface area contributed by atoms with Crippen LogP contribution in [-0.4, -0.2) is 17.6 Å². The summed E-state index contributed by atoms with van der Waals surface area (Å²) in [6.45, 7) is 2.12. The summed E-state index contributed by atoms with van der Waals surface area (Å²) in [6, 6.07) is 5.99. The first-order valence-electron chi connectivity index (χ1n) is 3.61. The number of nitrogens with zero attached hydrogens (tertiary/aromatic N) is 1. The van der Waals surface area contributed by atoms with Gasteiger partial charge in [-0.15, -0.1) is 12.1 Å². The van der Waals surface area contributed by atoms with Gasteiger partial charge in [-0.25, -0.2) is 0 Å². The first-order chi connectivity index (χ1) is 6.34. The Labute approximate surface area is 91.2 Å². The third-order valence-corrected chi connectivity index (χ3v) is 1.07. The Bertz CT molecular complexity index is 243. The molecule has 0 fully saturated rings. The first kappa shape index (κ1) is 12.5. The van der Waals surface area contributed by atoms with Crippen molar-refractivity contribution in [3.63, 3.8) is 0 Å². The topological polar surface area (TPSA) is 39.2 Å². The van der Waals surface area contributed by atoms with Crippen molar-refractivity contribution in [3.05, 3.63) is 30.1 Å². The van der Waals surface area contributed by atoms with E-state index < -0.39 is 5.97 Å². The molecule has 1 heterocycles. The van der Waals surface area contributed by atoms with Crippen molar-refractivity contribution in [1.29, 1.82) is 0 Å². The SMILES string of the molecule is CCOC(=O)c1[c-]cccn1.[Cl][Zn+]. The number of ether oxygens (including phenoxy) is 1. The van der Waals surface area contributed by atoms with Crippen LogP contribution in [0.5, 0.6) is 0 Å². The van der Waals surface area contributed by atoms with Crippen LogP contribution < -0.4 is 0 Å². The fourth-order valence-electron chi connectivity index (χ4n) is 0.636. The summed E-state index contributed by atoms with van der Waals surface area (Å²) in [5, 5.41) is 0. The van der Waals surface area contributed by atoms with Crippen molar-refractivity contribution < 1.29 is 26.8 Å². The number of carbonyl (C=O) groups excluding carboxylic acids is 1. The van der Waals surface area contributed by atoms with Crippen LogP contribution in [0, 0.1) is 6.07 Å². The van der Waals surface area contributed by atoms with Crippen molar-refractivity contribution >= 4 is 15.7 Å². The van der Waals surface area contributed by atoms with Crippen LogP contribution in [0.15, 0.2) is 18.3 Å². The molecule has 0 bridgehead atoms. The predicted molar refractivity (Wildman–Crippen MR) is 44.9 cm³/mol. The van der Waals surface area contributed by atoms with Crippen molar-refractivity contribution in [2.75, 3.05) is 6.61 Å². The van der Waals surface area contributed by atoms with Gasteiger partial charge in [-0.05, 0) is 13.1 Å². The molecule has 0 N–H and O–H groups in total. The molecule has 13 heavy (non-hydrogen) atoms. The summed E-state index contributed by atoms with van der Waals surface area (Å²) in [6.07, 6.45) is 1.53. The molecule has 1 rings (SSSR count). The Morgan fingerprint density at radius 3 is 2.92 bits per heavy atom. The average Bonchev–Trinajstić information content (AvgIpc) is 2.23. The van der Waals surface area contributed by atoms with Gasteiger partial charge in [-0.3, -0.25) is 4.98 Å². The van der Waals surface area contributed by atoms with E-state index in [2.05, 4.69) is 11.1 Å². The average molecular weight is 251 g/mol. The second-order valence-corrected chi connectivity index (χ2v) is 1.85. The van der Waals surface area contributed by atoms with Crippen molar-refractivity contribution in [3.8, 4) is 0 Å². The zero-order chi connectivity index (χ0) is 10.1. The molecule has 0 radical (unpaired) electrons.